The lowest BCUT2D eigenvalue weighted by atomic mass is 10.1. The second-order valence-electron chi connectivity index (χ2n) is 5.60. The highest BCUT2D eigenvalue weighted by Crippen LogP contribution is 2.30. The molecular weight excluding hydrogens is 296 g/mol. The number of benzene rings is 1. The van der Waals surface area contributed by atoms with E-state index < -0.39 is 5.97 Å². The van der Waals surface area contributed by atoms with Gasteiger partial charge in [0, 0.05) is 11.6 Å². The highest BCUT2D eigenvalue weighted by molar-refractivity contribution is 5.96. The van der Waals surface area contributed by atoms with E-state index in [1.54, 1.807) is 4.90 Å². The molecule has 0 atom stereocenters. The van der Waals surface area contributed by atoms with Crippen molar-refractivity contribution in [3.63, 3.8) is 0 Å². The van der Waals surface area contributed by atoms with E-state index in [1.165, 1.54) is 13.4 Å². The third-order valence-electron chi connectivity index (χ3n) is 3.88. The molecule has 1 aromatic heterocycles. The fourth-order valence-electron chi connectivity index (χ4n) is 2.45. The maximum atomic E-state index is 12.8. The molecule has 120 valence electrons. The average Bonchev–Trinajstić information content (AvgIpc) is 3.30. The van der Waals surface area contributed by atoms with Gasteiger partial charge in [-0.3, -0.25) is 4.79 Å². The summed E-state index contributed by atoms with van der Waals surface area (Å²) >= 11 is 0. The second kappa shape index (κ2) is 6.24. The number of rotatable bonds is 5. The standard InChI is InChI=1S/C17H18N2O4/c1-11-5-3-4-6-13(11)16(20)19(12-7-8-12)9-15-18-14(10-23-15)17(21)22-2/h3-6,10,12H,7-9H2,1-2H3. The number of hydrogen-bond donors (Lipinski definition) is 0. The summed E-state index contributed by atoms with van der Waals surface area (Å²) < 4.78 is 9.91. The number of carbonyl (C=O) groups is 2. The lowest BCUT2D eigenvalue weighted by Crippen LogP contribution is -2.33. The molecule has 6 heteroatoms. The summed E-state index contributed by atoms with van der Waals surface area (Å²) in [6.07, 6.45) is 3.20. The van der Waals surface area contributed by atoms with Crippen LogP contribution in [0.5, 0.6) is 0 Å². The van der Waals surface area contributed by atoms with Crippen molar-refractivity contribution in [1.82, 2.24) is 9.88 Å². The monoisotopic (exact) mass is 314 g/mol. The van der Waals surface area contributed by atoms with Crippen molar-refractivity contribution in [2.24, 2.45) is 0 Å². The van der Waals surface area contributed by atoms with Gasteiger partial charge in [-0.15, -0.1) is 0 Å². The molecule has 0 bridgehead atoms. The first-order valence-electron chi connectivity index (χ1n) is 7.49. The molecule has 1 aliphatic rings. The van der Waals surface area contributed by atoms with E-state index >= 15 is 0 Å². The highest BCUT2D eigenvalue weighted by Gasteiger charge is 2.34. The van der Waals surface area contributed by atoms with Crippen LogP contribution in [0.4, 0.5) is 0 Å². The Bertz CT molecular complexity index is 734. The van der Waals surface area contributed by atoms with Crippen LogP contribution in [0.25, 0.3) is 0 Å². The van der Waals surface area contributed by atoms with E-state index in [-0.39, 0.29) is 24.2 Å². The first kappa shape index (κ1) is 15.3. The largest absolute Gasteiger partial charge is 0.464 e. The minimum atomic E-state index is -0.553. The number of aromatic nitrogens is 1. The predicted octanol–water partition coefficient (Wildman–Crippen LogP) is 2.57. The van der Waals surface area contributed by atoms with Crippen LogP contribution >= 0.6 is 0 Å². The number of nitrogens with zero attached hydrogens (tertiary/aromatic N) is 2. The van der Waals surface area contributed by atoms with Gasteiger partial charge in [0.05, 0.1) is 13.7 Å². The summed E-state index contributed by atoms with van der Waals surface area (Å²) in [5.74, 6) is -0.258. The van der Waals surface area contributed by atoms with E-state index in [1.807, 2.05) is 31.2 Å². The molecule has 0 N–H and O–H groups in total. The van der Waals surface area contributed by atoms with Crippen molar-refractivity contribution >= 4 is 11.9 Å². The zero-order valence-corrected chi connectivity index (χ0v) is 13.1. The number of hydrogen-bond acceptors (Lipinski definition) is 5. The summed E-state index contributed by atoms with van der Waals surface area (Å²) in [7, 11) is 1.29. The number of aryl methyl sites for hydroxylation is 1. The lowest BCUT2D eigenvalue weighted by molar-refractivity contribution is 0.0594. The molecule has 1 aromatic carbocycles. The van der Waals surface area contributed by atoms with Crippen LogP contribution in [0.1, 0.15) is 45.1 Å². The molecule has 0 unspecified atom stereocenters. The molecule has 1 amide bonds. The molecule has 1 fully saturated rings. The second-order valence-corrected chi connectivity index (χ2v) is 5.60. The Morgan fingerprint density at radius 2 is 2.09 bits per heavy atom. The van der Waals surface area contributed by atoms with Crippen LogP contribution in [-0.4, -0.2) is 34.9 Å². The van der Waals surface area contributed by atoms with Gasteiger partial charge in [0.25, 0.3) is 5.91 Å². The Morgan fingerprint density at radius 1 is 1.35 bits per heavy atom. The molecule has 1 saturated carbocycles. The lowest BCUT2D eigenvalue weighted by Gasteiger charge is -2.21. The number of methoxy groups -OCH3 is 1. The van der Waals surface area contributed by atoms with Gasteiger partial charge in [0.2, 0.25) is 5.89 Å². The predicted molar refractivity (Wildman–Crippen MR) is 81.9 cm³/mol. The van der Waals surface area contributed by atoms with Gasteiger partial charge in [-0.05, 0) is 31.4 Å². The Hall–Kier alpha value is -2.63. The zero-order chi connectivity index (χ0) is 16.4. The zero-order valence-electron chi connectivity index (χ0n) is 13.1. The molecular formula is C17H18N2O4. The fourth-order valence-corrected chi connectivity index (χ4v) is 2.45. The average molecular weight is 314 g/mol. The molecule has 6 nitrogen and oxygen atoms in total. The van der Waals surface area contributed by atoms with Crippen LogP contribution in [0.3, 0.4) is 0 Å². The molecule has 0 aliphatic heterocycles. The molecule has 23 heavy (non-hydrogen) atoms. The van der Waals surface area contributed by atoms with Crippen molar-refractivity contribution < 1.29 is 18.7 Å². The highest BCUT2D eigenvalue weighted by atomic mass is 16.5. The number of amides is 1. The van der Waals surface area contributed by atoms with E-state index in [0.717, 1.165) is 18.4 Å². The van der Waals surface area contributed by atoms with E-state index in [9.17, 15) is 9.59 Å². The van der Waals surface area contributed by atoms with Gasteiger partial charge in [0.15, 0.2) is 5.69 Å². The Balaban J connectivity index is 1.80. The quantitative estimate of drug-likeness (QED) is 0.793. The number of ether oxygens (including phenoxy) is 1. The Labute approximate surface area is 134 Å². The minimum absolute atomic E-state index is 0.0385. The summed E-state index contributed by atoms with van der Waals surface area (Å²) in [5.41, 5.74) is 1.73. The maximum Gasteiger partial charge on any atom is 0.360 e. The minimum Gasteiger partial charge on any atom is -0.464 e. The Morgan fingerprint density at radius 3 is 2.74 bits per heavy atom. The summed E-state index contributed by atoms with van der Waals surface area (Å²) in [6, 6.07) is 7.70. The molecule has 0 saturated heterocycles. The van der Waals surface area contributed by atoms with Crippen LogP contribution in [0.15, 0.2) is 34.9 Å². The Kier molecular flexibility index (Phi) is 4.14. The molecule has 0 spiro atoms. The topological polar surface area (TPSA) is 72.6 Å². The van der Waals surface area contributed by atoms with Gasteiger partial charge < -0.3 is 14.1 Å². The molecule has 1 aliphatic carbocycles. The van der Waals surface area contributed by atoms with Gasteiger partial charge in [0.1, 0.15) is 6.26 Å². The third-order valence-corrected chi connectivity index (χ3v) is 3.88. The SMILES string of the molecule is COC(=O)c1coc(CN(C(=O)c2ccccc2C)C2CC2)n1. The van der Waals surface area contributed by atoms with Crippen molar-refractivity contribution in [3.05, 3.63) is 53.2 Å². The molecule has 3 rings (SSSR count). The summed E-state index contributed by atoms with van der Waals surface area (Å²) in [6.45, 7) is 2.16. The molecule has 0 radical (unpaired) electrons. The molecule has 2 aromatic rings. The van der Waals surface area contributed by atoms with E-state index in [4.69, 9.17) is 4.42 Å². The van der Waals surface area contributed by atoms with Gasteiger partial charge in [-0.2, -0.15) is 0 Å². The van der Waals surface area contributed by atoms with Crippen molar-refractivity contribution in [2.45, 2.75) is 32.4 Å². The fraction of sp³-hybridized carbons (Fsp3) is 0.353. The normalized spacial score (nSPS) is 13.7. The smallest absolute Gasteiger partial charge is 0.360 e. The van der Waals surface area contributed by atoms with Gasteiger partial charge in [-0.25, -0.2) is 9.78 Å². The van der Waals surface area contributed by atoms with Crippen molar-refractivity contribution in [3.8, 4) is 0 Å². The van der Waals surface area contributed by atoms with Crippen LogP contribution in [-0.2, 0) is 11.3 Å². The van der Waals surface area contributed by atoms with Crippen LogP contribution in [0, 0.1) is 6.92 Å². The van der Waals surface area contributed by atoms with Crippen LogP contribution < -0.4 is 0 Å². The maximum absolute atomic E-state index is 12.8. The van der Waals surface area contributed by atoms with E-state index in [2.05, 4.69) is 9.72 Å². The van der Waals surface area contributed by atoms with E-state index in [0.29, 0.717) is 11.5 Å². The third kappa shape index (κ3) is 3.26. The molecule has 1 heterocycles. The first-order valence-corrected chi connectivity index (χ1v) is 7.49. The summed E-state index contributed by atoms with van der Waals surface area (Å²) in [4.78, 5) is 30.1. The summed E-state index contributed by atoms with van der Waals surface area (Å²) in [5, 5.41) is 0. The number of esters is 1. The van der Waals surface area contributed by atoms with Crippen LogP contribution in [0.2, 0.25) is 0 Å². The number of oxazole rings is 1. The van der Waals surface area contributed by atoms with Crippen molar-refractivity contribution in [1.29, 1.82) is 0 Å². The number of carbonyl (C=O) groups excluding carboxylic acids is 2. The van der Waals surface area contributed by atoms with Gasteiger partial charge in [-0.1, -0.05) is 18.2 Å². The van der Waals surface area contributed by atoms with Crippen molar-refractivity contribution in [2.75, 3.05) is 7.11 Å². The van der Waals surface area contributed by atoms with Gasteiger partial charge >= 0.3 is 5.97 Å². The first-order chi connectivity index (χ1) is 11.1.